The molecule has 1 saturated carbocycles. The molecular weight excluding hydrogens is 206 g/mol. The first-order valence-corrected chi connectivity index (χ1v) is 6.14. The van der Waals surface area contributed by atoms with Gasteiger partial charge in [-0.2, -0.15) is 17.4 Å². The van der Waals surface area contributed by atoms with Crippen molar-refractivity contribution in [2.45, 2.75) is 18.5 Å². The molecule has 0 aromatic heterocycles. The normalized spacial score (nSPS) is 34.4. The van der Waals surface area contributed by atoms with Crippen LogP contribution in [0.1, 0.15) is 6.42 Å². The van der Waals surface area contributed by atoms with Crippen molar-refractivity contribution < 1.29 is 13.2 Å². The fourth-order valence-electron chi connectivity index (χ4n) is 1.40. The second-order valence-electron chi connectivity index (χ2n) is 3.64. The van der Waals surface area contributed by atoms with Gasteiger partial charge in [0.1, 0.15) is 0 Å². The number of nitrogens with two attached hydrogens (primary N) is 1. The molecule has 2 unspecified atom stereocenters. The Balaban J connectivity index is 1.93. The van der Waals surface area contributed by atoms with Crippen LogP contribution in [0, 0.1) is 0 Å². The maximum atomic E-state index is 11.7. The van der Waals surface area contributed by atoms with Gasteiger partial charge in [0.2, 0.25) is 0 Å². The van der Waals surface area contributed by atoms with Gasteiger partial charge >= 0.3 is 0 Å². The van der Waals surface area contributed by atoms with Crippen LogP contribution < -0.4 is 10.5 Å². The lowest BCUT2D eigenvalue weighted by molar-refractivity contribution is 0.0724. The van der Waals surface area contributed by atoms with Gasteiger partial charge in [-0.1, -0.05) is 0 Å². The third-order valence-corrected chi connectivity index (χ3v) is 4.10. The molecule has 0 spiro atoms. The molecule has 6 nitrogen and oxygen atoms in total. The number of hydrogen-bond acceptors (Lipinski definition) is 4. The van der Waals surface area contributed by atoms with Gasteiger partial charge in [-0.15, -0.1) is 0 Å². The summed E-state index contributed by atoms with van der Waals surface area (Å²) < 4.78 is 32.4. The highest BCUT2D eigenvalue weighted by Gasteiger charge is 2.38. The third kappa shape index (κ3) is 2.23. The monoisotopic (exact) mass is 221 g/mol. The van der Waals surface area contributed by atoms with E-state index in [0.717, 1.165) is 6.42 Å². The summed E-state index contributed by atoms with van der Waals surface area (Å²) in [6.07, 6.45) is 0.740. The maximum absolute atomic E-state index is 11.7. The lowest BCUT2D eigenvalue weighted by Crippen LogP contribution is -2.47. The molecular formula is C7H15N3O3S. The number of nitrogens with one attached hydrogen (secondary N) is 1. The Morgan fingerprint density at radius 3 is 2.43 bits per heavy atom. The minimum absolute atomic E-state index is 0.00850. The Morgan fingerprint density at radius 2 is 1.93 bits per heavy atom. The van der Waals surface area contributed by atoms with E-state index in [-0.39, 0.29) is 12.1 Å². The second-order valence-corrected chi connectivity index (χ2v) is 5.34. The number of hydrogen-bond donors (Lipinski definition) is 2. The van der Waals surface area contributed by atoms with Gasteiger partial charge < -0.3 is 10.5 Å². The highest BCUT2D eigenvalue weighted by atomic mass is 32.2. The van der Waals surface area contributed by atoms with Gasteiger partial charge in [-0.3, -0.25) is 0 Å². The molecule has 0 radical (unpaired) electrons. The molecule has 2 fully saturated rings. The van der Waals surface area contributed by atoms with E-state index in [9.17, 15) is 8.42 Å². The van der Waals surface area contributed by atoms with Crippen molar-refractivity contribution >= 4 is 10.2 Å². The number of nitrogens with zero attached hydrogens (tertiary/aromatic N) is 1. The zero-order chi connectivity index (χ0) is 10.2. The first-order valence-electron chi connectivity index (χ1n) is 4.70. The first kappa shape index (κ1) is 10.3. The minimum Gasteiger partial charge on any atom is -0.379 e. The summed E-state index contributed by atoms with van der Waals surface area (Å²) in [4.78, 5) is 0. The van der Waals surface area contributed by atoms with Crippen LogP contribution >= 0.6 is 0 Å². The average molecular weight is 221 g/mol. The maximum Gasteiger partial charge on any atom is 0.279 e. The van der Waals surface area contributed by atoms with Gasteiger partial charge in [-0.05, 0) is 6.42 Å². The standard InChI is InChI=1S/C7H15N3O3S/c8-6-5-7(6)9-14(11,12)10-1-3-13-4-2-10/h6-7,9H,1-5,8H2. The van der Waals surface area contributed by atoms with E-state index < -0.39 is 10.2 Å². The summed E-state index contributed by atoms with van der Waals surface area (Å²) >= 11 is 0. The summed E-state index contributed by atoms with van der Waals surface area (Å²) in [5, 5.41) is 0. The number of rotatable bonds is 3. The summed E-state index contributed by atoms with van der Waals surface area (Å²) in [6.45, 7) is 1.80. The van der Waals surface area contributed by atoms with E-state index in [1.807, 2.05) is 0 Å². The molecule has 0 bridgehead atoms. The third-order valence-electron chi connectivity index (χ3n) is 2.45. The summed E-state index contributed by atoms with van der Waals surface area (Å²) in [5.74, 6) is 0. The highest BCUT2D eigenvalue weighted by molar-refractivity contribution is 7.87. The van der Waals surface area contributed by atoms with E-state index in [0.29, 0.717) is 26.3 Å². The SMILES string of the molecule is NC1CC1NS(=O)(=O)N1CCOCC1. The van der Waals surface area contributed by atoms with Gasteiger partial charge in [0.25, 0.3) is 10.2 Å². The van der Waals surface area contributed by atoms with Crippen molar-refractivity contribution in [1.29, 1.82) is 0 Å². The van der Waals surface area contributed by atoms with Gasteiger partial charge in [-0.25, -0.2) is 0 Å². The highest BCUT2D eigenvalue weighted by Crippen LogP contribution is 2.19. The van der Waals surface area contributed by atoms with Crippen LogP contribution in [-0.2, 0) is 14.9 Å². The van der Waals surface area contributed by atoms with Crippen LogP contribution in [-0.4, -0.2) is 51.1 Å². The molecule has 2 aliphatic rings. The fraction of sp³-hybridized carbons (Fsp3) is 1.00. The van der Waals surface area contributed by atoms with Crippen molar-refractivity contribution in [1.82, 2.24) is 9.03 Å². The Hall–Kier alpha value is -0.210. The molecule has 0 amide bonds. The average Bonchev–Trinajstić information content (AvgIpc) is 2.82. The zero-order valence-electron chi connectivity index (χ0n) is 7.85. The minimum atomic E-state index is -3.33. The lowest BCUT2D eigenvalue weighted by Gasteiger charge is -2.26. The van der Waals surface area contributed by atoms with Crippen LogP contribution in [0.25, 0.3) is 0 Å². The van der Waals surface area contributed by atoms with Crippen molar-refractivity contribution in [3.63, 3.8) is 0 Å². The van der Waals surface area contributed by atoms with E-state index >= 15 is 0 Å². The molecule has 2 atom stereocenters. The largest absolute Gasteiger partial charge is 0.379 e. The second kappa shape index (κ2) is 3.74. The smallest absolute Gasteiger partial charge is 0.279 e. The zero-order valence-corrected chi connectivity index (χ0v) is 8.66. The Kier molecular flexibility index (Phi) is 2.76. The topological polar surface area (TPSA) is 84.7 Å². The van der Waals surface area contributed by atoms with E-state index in [2.05, 4.69) is 4.72 Å². The molecule has 1 aliphatic heterocycles. The number of morpholine rings is 1. The predicted molar refractivity (Wildman–Crippen MR) is 50.8 cm³/mol. The van der Waals surface area contributed by atoms with Crippen molar-refractivity contribution in [3.8, 4) is 0 Å². The fourth-order valence-corrected chi connectivity index (χ4v) is 2.84. The molecule has 14 heavy (non-hydrogen) atoms. The van der Waals surface area contributed by atoms with Crippen LogP contribution in [0.2, 0.25) is 0 Å². The lowest BCUT2D eigenvalue weighted by atomic mass is 10.5. The first-order chi connectivity index (χ1) is 6.59. The summed E-state index contributed by atoms with van der Waals surface area (Å²) in [5.41, 5.74) is 5.53. The summed E-state index contributed by atoms with van der Waals surface area (Å²) in [6, 6.07) is -0.0753. The van der Waals surface area contributed by atoms with Crippen LogP contribution in [0.4, 0.5) is 0 Å². The van der Waals surface area contributed by atoms with E-state index in [1.54, 1.807) is 0 Å². The van der Waals surface area contributed by atoms with Crippen LogP contribution in [0.15, 0.2) is 0 Å². The van der Waals surface area contributed by atoms with Gasteiger partial charge in [0, 0.05) is 25.2 Å². The van der Waals surface area contributed by atoms with Gasteiger partial charge in [0.05, 0.1) is 13.2 Å². The van der Waals surface area contributed by atoms with Crippen molar-refractivity contribution in [3.05, 3.63) is 0 Å². The molecule has 1 saturated heterocycles. The molecule has 1 heterocycles. The quantitative estimate of drug-likeness (QED) is 0.592. The molecule has 0 aromatic rings. The van der Waals surface area contributed by atoms with E-state index in [1.165, 1.54) is 4.31 Å². The van der Waals surface area contributed by atoms with Crippen molar-refractivity contribution in [2.24, 2.45) is 5.73 Å². The summed E-state index contributed by atoms with van der Waals surface area (Å²) in [7, 11) is -3.33. The Labute approximate surface area is 83.6 Å². The molecule has 3 N–H and O–H groups in total. The van der Waals surface area contributed by atoms with Crippen molar-refractivity contribution in [2.75, 3.05) is 26.3 Å². The predicted octanol–water partition coefficient (Wildman–Crippen LogP) is -1.75. The number of ether oxygens (including phenoxy) is 1. The van der Waals surface area contributed by atoms with Gasteiger partial charge in [0.15, 0.2) is 0 Å². The van der Waals surface area contributed by atoms with Crippen LogP contribution in [0.5, 0.6) is 0 Å². The Morgan fingerprint density at radius 1 is 1.36 bits per heavy atom. The molecule has 2 rings (SSSR count). The Bertz CT molecular complexity index is 299. The van der Waals surface area contributed by atoms with Crippen LogP contribution in [0.3, 0.4) is 0 Å². The molecule has 7 heteroatoms. The molecule has 82 valence electrons. The molecule has 1 aliphatic carbocycles. The van der Waals surface area contributed by atoms with E-state index in [4.69, 9.17) is 10.5 Å². The molecule has 0 aromatic carbocycles.